The molecule has 4 nitrogen and oxygen atoms in total. The number of nitrogens with one attached hydrogen (secondary N) is 1. The standard InChI is InChI=1S/C16H13ClN2O2/c1-10-19-14-8-11(6-7-15(14)21-10)9-18-16(20)12-4-2-3-5-13(12)17/h2-8H,9H2,1H3,(H,18,20). The van der Waals surface area contributed by atoms with E-state index in [0.29, 0.717) is 23.0 Å². The first-order valence-electron chi connectivity index (χ1n) is 6.52. The minimum absolute atomic E-state index is 0.197. The summed E-state index contributed by atoms with van der Waals surface area (Å²) in [7, 11) is 0. The number of hydrogen-bond acceptors (Lipinski definition) is 3. The second-order valence-electron chi connectivity index (χ2n) is 4.70. The Morgan fingerprint density at radius 1 is 1.29 bits per heavy atom. The Morgan fingerprint density at radius 3 is 2.90 bits per heavy atom. The molecule has 0 spiro atoms. The number of carbonyl (C=O) groups excluding carboxylic acids is 1. The summed E-state index contributed by atoms with van der Waals surface area (Å²) in [5.41, 5.74) is 2.96. The van der Waals surface area contributed by atoms with Gasteiger partial charge in [0.1, 0.15) is 5.52 Å². The van der Waals surface area contributed by atoms with Crippen molar-refractivity contribution in [2.24, 2.45) is 0 Å². The van der Waals surface area contributed by atoms with Gasteiger partial charge in [-0.05, 0) is 29.8 Å². The molecule has 0 radical (unpaired) electrons. The van der Waals surface area contributed by atoms with Gasteiger partial charge >= 0.3 is 0 Å². The van der Waals surface area contributed by atoms with Crippen LogP contribution < -0.4 is 5.32 Å². The summed E-state index contributed by atoms with van der Waals surface area (Å²) in [6.45, 7) is 2.21. The van der Waals surface area contributed by atoms with E-state index in [-0.39, 0.29) is 5.91 Å². The fourth-order valence-electron chi connectivity index (χ4n) is 2.12. The molecule has 0 aliphatic heterocycles. The monoisotopic (exact) mass is 300 g/mol. The number of hydrogen-bond donors (Lipinski definition) is 1. The number of nitrogens with zero attached hydrogens (tertiary/aromatic N) is 1. The maximum atomic E-state index is 12.1. The quantitative estimate of drug-likeness (QED) is 0.802. The molecule has 0 unspecified atom stereocenters. The zero-order chi connectivity index (χ0) is 14.8. The number of halogens is 1. The van der Waals surface area contributed by atoms with Gasteiger partial charge in [-0.15, -0.1) is 0 Å². The highest BCUT2D eigenvalue weighted by Gasteiger charge is 2.09. The van der Waals surface area contributed by atoms with E-state index in [4.69, 9.17) is 16.0 Å². The van der Waals surface area contributed by atoms with Gasteiger partial charge in [0.05, 0.1) is 10.6 Å². The molecule has 2 aromatic carbocycles. The van der Waals surface area contributed by atoms with E-state index in [0.717, 1.165) is 16.7 Å². The van der Waals surface area contributed by atoms with Crippen LogP contribution in [0.15, 0.2) is 46.9 Å². The molecule has 0 aliphatic rings. The van der Waals surface area contributed by atoms with Crippen molar-refractivity contribution in [3.05, 3.63) is 64.5 Å². The second kappa shape index (κ2) is 5.58. The highest BCUT2D eigenvalue weighted by atomic mass is 35.5. The number of benzene rings is 2. The van der Waals surface area contributed by atoms with Crippen molar-refractivity contribution < 1.29 is 9.21 Å². The number of oxazole rings is 1. The summed E-state index contributed by atoms with van der Waals surface area (Å²) >= 11 is 6.00. The smallest absolute Gasteiger partial charge is 0.253 e. The van der Waals surface area contributed by atoms with Gasteiger partial charge in [0, 0.05) is 13.5 Å². The van der Waals surface area contributed by atoms with E-state index >= 15 is 0 Å². The lowest BCUT2D eigenvalue weighted by molar-refractivity contribution is 0.0951. The van der Waals surface area contributed by atoms with Crippen LogP contribution in [-0.4, -0.2) is 10.9 Å². The summed E-state index contributed by atoms with van der Waals surface area (Å²) in [5, 5.41) is 3.29. The Morgan fingerprint density at radius 2 is 2.10 bits per heavy atom. The van der Waals surface area contributed by atoms with Crippen LogP contribution in [0.5, 0.6) is 0 Å². The third kappa shape index (κ3) is 2.90. The maximum Gasteiger partial charge on any atom is 0.253 e. The topological polar surface area (TPSA) is 55.1 Å². The molecular formula is C16H13ClN2O2. The molecule has 3 rings (SSSR count). The van der Waals surface area contributed by atoms with Crippen LogP contribution in [0, 0.1) is 6.92 Å². The first-order chi connectivity index (χ1) is 10.1. The molecule has 0 fully saturated rings. The highest BCUT2D eigenvalue weighted by Crippen LogP contribution is 2.17. The third-order valence-electron chi connectivity index (χ3n) is 3.13. The summed E-state index contributed by atoms with van der Waals surface area (Å²) in [5.74, 6) is 0.430. The molecule has 0 aliphatic carbocycles. The summed E-state index contributed by atoms with van der Waals surface area (Å²) in [6, 6.07) is 12.6. The zero-order valence-corrected chi connectivity index (χ0v) is 12.1. The lowest BCUT2D eigenvalue weighted by Gasteiger charge is -2.06. The molecule has 0 atom stereocenters. The highest BCUT2D eigenvalue weighted by molar-refractivity contribution is 6.33. The molecule has 0 bridgehead atoms. The normalized spacial score (nSPS) is 10.8. The summed E-state index contributed by atoms with van der Waals surface area (Å²) in [4.78, 5) is 16.3. The Hall–Kier alpha value is -2.33. The van der Waals surface area contributed by atoms with Crippen molar-refractivity contribution in [2.45, 2.75) is 13.5 Å². The number of rotatable bonds is 3. The van der Waals surface area contributed by atoms with Crippen LogP contribution in [0.4, 0.5) is 0 Å². The minimum Gasteiger partial charge on any atom is -0.441 e. The lowest BCUT2D eigenvalue weighted by atomic mass is 10.2. The van der Waals surface area contributed by atoms with Crippen molar-refractivity contribution in [3.8, 4) is 0 Å². The van der Waals surface area contributed by atoms with E-state index in [9.17, 15) is 4.79 Å². The van der Waals surface area contributed by atoms with Crippen molar-refractivity contribution in [2.75, 3.05) is 0 Å². The number of aryl methyl sites for hydroxylation is 1. The molecular weight excluding hydrogens is 288 g/mol. The van der Waals surface area contributed by atoms with E-state index in [1.165, 1.54) is 0 Å². The molecule has 1 heterocycles. The van der Waals surface area contributed by atoms with Crippen LogP contribution in [0.3, 0.4) is 0 Å². The van der Waals surface area contributed by atoms with Crippen molar-refractivity contribution in [3.63, 3.8) is 0 Å². The van der Waals surface area contributed by atoms with Gasteiger partial charge in [-0.2, -0.15) is 0 Å². The number of carbonyl (C=O) groups is 1. The molecule has 21 heavy (non-hydrogen) atoms. The Kier molecular flexibility index (Phi) is 3.62. The van der Waals surface area contributed by atoms with Crippen molar-refractivity contribution in [1.29, 1.82) is 0 Å². The third-order valence-corrected chi connectivity index (χ3v) is 3.46. The maximum absolute atomic E-state index is 12.1. The van der Waals surface area contributed by atoms with Crippen molar-refractivity contribution >= 4 is 28.6 Å². The number of amides is 1. The molecule has 1 amide bonds. The summed E-state index contributed by atoms with van der Waals surface area (Å²) < 4.78 is 5.42. The van der Waals surface area contributed by atoms with Gasteiger partial charge in [-0.3, -0.25) is 4.79 Å². The van der Waals surface area contributed by atoms with Gasteiger partial charge in [0.2, 0.25) is 0 Å². The Bertz CT molecular complexity index is 811. The number of fused-ring (bicyclic) bond motifs is 1. The van der Waals surface area contributed by atoms with E-state index in [2.05, 4.69) is 10.3 Å². The number of aromatic nitrogens is 1. The van der Waals surface area contributed by atoms with Gasteiger partial charge in [0.25, 0.3) is 5.91 Å². The van der Waals surface area contributed by atoms with Crippen molar-refractivity contribution in [1.82, 2.24) is 10.3 Å². The molecule has 1 aromatic heterocycles. The zero-order valence-electron chi connectivity index (χ0n) is 11.4. The first-order valence-corrected chi connectivity index (χ1v) is 6.90. The molecule has 3 aromatic rings. The minimum atomic E-state index is -0.197. The lowest BCUT2D eigenvalue weighted by Crippen LogP contribution is -2.23. The fraction of sp³-hybridized carbons (Fsp3) is 0.125. The average molecular weight is 301 g/mol. The first kappa shape index (κ1) is 13.6. The van der Waals surface area contributed by atoms with Gasteiger partial charge in [0.15, 0.2) is 11.5 Å². The second-order valence-corrected chi connectivity index (χ2v) is 5.10. The Balaban J connectivity index is 1.74. The molecule has 0 saturated heterocycles. The average Bonchev–Trinajstić information content (AvgIpc) is 2.84. The predicted molar refractivity (Wildman–Crippen MR) is 81.4 cm³/mol. The van der Waals surface area contributed by atoms with Gasteiger partial charge in [-0.25, -0.2) is 4.98 Å². The van der Waals surface area contributed by atoms with Gasteiger partial charge in [-0.1, -0.05) is 29.8 Å². The van der Waals surface area contributed by atoms with E-state index in [1.807, 2.05) is 18.2 Å². The van der Waals surface area contributed by atoms with Crippen LogP contribution in [-0.2, 0) is 6.54 Å². The molecule has 0 saturated carbocycles. The summed E-state index contributed by atoms with van der Waals surface area (Å²) in [6.07, 6.45) is 0. The van der Waals surface area contributed by atoms with Gasteiger partial charge < -0.3 is 9.73 Å². The van der Waals surface area contributed by atoms with E-state index in [1.54, 1.807) is 31.2 Å². The molecule has 1 N–H and O–H groups in total. The predicted octanol–water partition coefficient (Wildman–Crippen LogP) is 3.72. The largest absolute Gasteiger partial charge is 0.441 e. The Labute approximate surface area is 126 Å². The molecule has 106 valence electrons. The SMILES string of the molecule is Cc1nc2cc(CNC(=O)c3ccccc3Cl)ccc2o1. The van der Waals surface area contributed by atoms with Crippen LogP contribution in [0.25, 0.3) is 11.1 Å². The van der Waals surface area contributed by atoms with Crippen LogP contribution in [0.1, 0.15) is 21.8 Å². The fourth-order valence-corrected chi connectivity index (χ4v) is 2.34. The molecule has 5 heteroatoms. The van der Waals surface area contributed by atoms with Crippen LogP contribution in [0.2, 0.25) is 5.02 Å². The van der Waals surface area contributed by atoms with E-state index < -0.39 is 0 Å². The van der Waals surface area contributed by atoms with Crippen LogP contribution >= 0.6 is 11.6 Å².